The molecule has 0 heterocycles. The number of nitrogen functional groups attached to an aromatic ring is 1. The molecule has 0 aliphatic rings. The third-order valence-electron chi connectivity index (χ3n) is 3.00. The van der Waals surface area contributed by atoms with Crippen molar-refractivity contribution >= 4 is 11.6 Å². The molecule has 0 unspecified atom stereocenters. The fourth-order valence-electron chi connectivity index (χ4n) is 1.97. The Kier molecular flexibility index (Phi) is 6.97. The Bertz CT molecular complexity index is 393. The van der Waals surface area contributed by atoms with Crippen LogP contribution in [0.5, 0.6) is 0 Å². The van der Waals surface area contributed by atoms with E-state index in [2.05, 4.69) is 6.92 Å². The summed E-state index contributed by atoms with van der Waals surface area (Å²) in [6.45, 7) is 4.05. The summed E-state index contributed by atoms with van der Waals surface area (Å²) in [7, 11) is 1.65. The van der Waals surface area contributed by atoms with Gasteiger partial charge >= 0.3 is 0 Å². The molecule has 1 amide bonds. The second-order valence-electron chi connectivity index (χ2n) is 4.61. The Labute approximate surface area is 115 Å². The standard InChI is InChI=1S/C15H24N2O2/c1-3-10-17(15(18)9-6-11-19-2)12-13-7-4-5-8-14(13)16/h4-5,7-8H,3,6,9-12,16H2,1-2H3. The third-order valence-corrected chi connectivity index (χ3v) is 3.00. The molecule has 0 fully saturated rings. The van der Waals surface area contributed by atoms with Gasteiger partial charge in [-0.2, -0.15) is 0 Å². The maximum absolute atomic E-state index is 12.2. The zero-order valence-corrected chi connectivity index (χ0v) is 11.9. The van der Waals surface area contributed by atoms with Gasteiger partial charge in [-0.25, -0.2) is 0 Å². The van der Waals surface area contributed by atoms with Crippen molar-refractivity contribution < 1.29 is 9.53 Å². The number of carbonyl (C=O) groups excluding carboxylic acids is 1. The number of ether oxygens (including phenoxy) is 1. The molecular formula is C15H24N2O2. The molecule has 0 aliphatic carbocycles. The number of nitrogens with zero attached hydrogens (tertiary/aromatic N) is 1. The van der Waals surface area contributed by atoms with Crippen LogP contribution in [-0.2, 0) is 16.1 Å². The van der Waals surface area contributed by atoms with Crippen LogP contribution >= 0.6 is 0 Å². The first-order valence-corrected chi connectivity index (χ1v) is 6.79. The highest BCUT2D eigenvalue weighted by Gasteiger charge is 2.13. The number of rotatable bonds is 8. The number of carbonyl (C=O) groups is 1. The van der Waals surface area contributed by atoms with Crippen LogP contribution in [0.25, 0.3) is 0 Å². The summed E-state index contributed by atoms with van der Waals surface area (Å²) in [6.07, 6.45) is 2.24. The highest BCUT2D eigenvalue weighted by Crippen LogP contribution is 2.14. The average Bonchev–Trinajstić information content (AvgIpc) is 2.41. The van der Waals surface area contributed by atoms with Gasteiger partial charge in [0.2, 0.25) is 5.91 Å². The summed E-state index contributed by atoms with van der Waals surface area (Å²) in [5, 5.41) is 0. The van der Waals surface area contributed by atoms with Crippen molar-refractivity contribution in [3.05, 3.63) is 29.8 Å². The fourth-order valence-corrected chi connectivity index (χ4v) is 1.97. The van der Waals surface area contributed by atoms with Gasteiger partial charge in [0.1, 0.15) is 0 Å². The van der Waals surface area contributed by atoms with Gasteiger partial charge < -0.3 is 15.4 Å². The lowest BCUT2D eigenvalue weighted by molar-refractivity contribution is -0.132. The van der Waals surface area contributed by atoms with Gasteiger partial charge in [-0.1, -0.05) is 25.1 Å². The highest BCUT2D eigenvalue weighted by molar-refractivity contribution is 5.76. The number of benzene rings is 1. The van der Waals surface area contributed by atoms with Crippen LogP contribution < -0.4 is 5.73 Å². The van der Waals surface area contributed by atoms with Crippen LogP contribution in [0, 0.1) is 0 Å². The minimum absolute atomic E-state index is 0.169. The van der Waals surface area contributed by atoms with Crippen LogP contribution in [0.2, 0.25) is 0 Å². The van der Waals surface area contributed by atoms with Crippen molar-refractivity contribution in [1.82, 2.24) is 4.90 Å². The molecule has 19 heavy (non-hydrogen) atoms. The molecule has 1 aromatic rings. The van der Waals surface area contributed by atoms with Gasteiger partial charge in [-0.15, -0.1) is 0 Å². The largest absolute Gasteiger partial charge is 0.398 e. The molecule has 0 saturated carbocycles. The predicted octanol–water partition coefficient (Wildman–Crippen LogP) is 2.43. The highest BCUT2D eigenvalue weighted by atomic mass is 16.5. The number of para-hydroxylation sites is 1. The lowest BCUT2D eigenvalue weighted by atomic mass is 10.1. The molecule has 0 saturated heterocycles. The average molecular weight is 264 g/mol. The first kappa shape index (κ1) is 15.5. The molecule has 2 N–H and O–H groups in total. The topological polar surface area (TPSA) is 55.6 Å². The maximum atomic E-state index is 12.2. The summed E-state index contributed by atoms with van der Waals surface area (Å²) in [4.78, 5) is 14.0. The molecule has 0 aromatic heterocycles. The van der Waals surface area contributed by atoms with Crippen LogP contribution in [0.4, 0.5) is 5.69 Å². The third kappa shape index (κ3) is 5.30. The van der Waals surface area contributed by atoms with Crippen molar-refractivity contribution in [2.45, 2.75) is 32.7 Å². The summed E-state index contributed by atoms with van der Waals surface area (Å²) >= 11 is 0. The number of methoxy groups -OCH3 is 1. The zero-order chi connectivity index (χ0) is 14.1. The first-order valence-electron chi connectivity index (χ1n) is 6.79. The Hall–Kier alpha value is -1.55. The molecular weight excluding hydrogens is 240 g/mol. The Morgan fingerprint density at radius 2 is 2.11 bits per heavy atom. The maximum Gasteiger partial charge on any atom is 0.222 e. The first-order chi connectivity index (χ1) is 9.19. The van der Waals surface area contributed by atoms with E-state index in [4.69, 9.17) is 10.5 Å². The van der Waals surface area contributed by atoms with Gasteiger partial charge in [0.15, 0.2) is 0 Å². The number of hydrogen-bond acceptors (Lipinski definition) is 3. The van der Waals surface area contributed by atoms with E-state index in [0.29, 0.717) is 19.6 Å². The van der Waals surface area contributed by atoms with E-state index in [1.165, 1.54) is 0 Å². The van der Waals surface area contributed by atoms with Crippen LogP contribution in [-0.4, -0.2) is 31.1 Å². The summed E-state index contributed by atoms with van der Waals surface area (Å²) in [5.74, 6) is 0.169. The normalized spacial score (nSPS) is 10.4. The molecule has 0 bridgehead atoms. The van der Waals surface area contributed by atoms with E-state index in [1.54, 1.807) is 7.11 Å². The summed E-state index contributed by atoms with van der Waals surface area (Å²) in [5.41, 5.74) is 7.68. The molecule has 1 rings (SSSR count). The second kappa shape index (κ2) is 8.53. The zero-order valence-electron chi connectivity index (χ0n) is 11.9. The van der Waals surface area contributed by atoms with Crippen molar-refractivity contribution in [1.29, 1.82) is 0 Å². The van der Waals surface area contributed by atoms with Crippen LogP contribution in [0.15, 0.2) is 24.3 Å². The van der Waals surface area contributed by atoms with E-state index in [9.17, 15) is 4.79 Å². The predicted molar refractivity (Wildman–Crippen MR) is 77.7 cm³/mol. The van der Waals surface area contributed by atoms with Crippen LogP contribution in [0.3, 0.4) is 0 Å². The molecule has 0 aliphatic heterocycles. The van der Waals surface area contributed by atoms with Crippen molar-refractivity contribution in [2.24, 2.45) is 0 Å². The fraction of sp³-hybridized carbons (Fsp3) is 0.533. The van der Waals surface area contributed by atoms with Crippen molar-refractivity contribution in [3.8, 4) is 0 Å². The molecule has 106 valence electrons. The van der Waals surface area contributed by atoms with Gasteiger partial charge in [-0.05, 0) is 24.5 Å². The lowest BCUT2D eigenvalue weighted by Gasteiger charge is -2.23. The number of hydrogen-bond donors (Lipinski definition) is 1. The minimum atomic E-state index is 0.169. The quantitative estimate of drug-likeness (QED) is 0.579. The molecule has 0 spiro atoms. The van der Waals surface area contributed by atoms with Crippen molar-refractivity contribution in [3.63, 3.8) is 0 Å². The smallest absolute Gasteiger partial charge is 0.222 e. The molecule has 0 radical (unpaired) electrons. The van der Waals surface area contributed by atoms with E-state index < -0.39 is 0 Å². The summed E-state index contributed by atoms with van der Waals surface area (Å²) in [6, 6.07) is 7.70. The minimum Gasteiger partial charge on any atom is -0.398 e. The molecule has 0 atom stereocenters. The van der Waals surface area contributed by atoms with Gasteiger partial charge in [0.05, 0.1) is 0 Å². The Morgan fingerprint density at radius 3 is 2.74 bits per heavy atom. The molecule has 4 nitrogen and oxygen atoms in total. The lowest BCUT2D eigenvalue weighted by Crippen LogP contribution is -2.31. The second-order valence-corrected chi connectivity index (χ2v) is 4.61. The Balaban J connectivity index is 2.61. The molecule has 4 heteroatoms. The Morgan fingerprint density at radius 1 is 1.37 bits per heavy atom. The van der Waals surface area contributed by atoms with Gasteiger partial charge in [0, 0.05) is 38.9 Å². The SMILES string of the molecule is CCCN(Cc1ccccc1N)C(=O)CCCOC. The number of amides is 1. The van der Waals surface area contributed by atoms with E-state index in [1.807, 2.05) is 29.2 Å². The number of anilines is 1. The van der Waals surface area contributed by atoms with E-state index in [-0.39, 0.29) is 5.91 Å². The van der Waals surface area contributed by atoms with Gasteiger partial charge in [0.25, 0.3) is 0 Å². The monoisotopic (exact) mass is 264 g/mol. The number of nitrogens with two attached hydrogens (primary N) is 1. The summed E-state index contributed by atoms with van der Waals surface area (Å²) < 4.78 is 4.98. The van der Waals surface area contributed by atoms with Crippen LogP contribution in [0.1, 0.15) is 31.7 Å². The molecule has 1 aromatic carbocycles. The van der Waals surface area contributed by atoms with E-state index in [0.717, 1.165) is 30.6 Å². The van der Waals surface area contributed by atoms with E-state index >= 15 is 0 Å². The van der Waals surface area contributed by atoms with Gasteiger partial charge in [-0.3, -0.25) is 4.79 Å². The van der Waals surface area contributed by atoms with Crippen molar-refractivity contribution in [2.75, 3.05) is 26.0 Å².